The molecule has 1 saturated heterocycles. The van der Waals surface area contributed by atoms with Crippen molar-refractivity contribution in [1.29, 1.82) is 0 Å². The van der Waals surface area contributed by atoms with Gasteiger partial charge in [0.25, 0.3) is 0 Å². The quantitative estimate of drug-likeness (QED) is 0.529. The smallest absolute Gasteiger partial charge is 0.206 e. The summed E-state index contributed by atoms with van der Waals surface area (Å²) in [6.45, 7) is 2.42. The third kappa shape index (κ3) is 2.72. The molecule has 0 amide bonds. The molecule has 4 atom stereocenters. The van der Waals surface area contributed by atoms with Crippen LogP contribution in [-0.4, -0.2) is 68.2 Å². The molecule has 0 unspecified atom stereocenters. The molecule has 12 nitrogen and oxygen atoms in total. The highest BCUT2D eigenvalue weighted by atomic mass is 16.6. The number of anilines is 1. The molecule has 3 aromatic rings. The van der Waals surface area contributed by atoms with Gasteiger partial charge in [0.05, 0.1) is 12.9 Å². The average molecular weight is 373 g/mol. The van der Waals surface area contributed by atoms with Gasteiger partial charge in [0.2, 0.25) is 5.82 Å². The minimum atomic E-state index is -1.20. The van der Waals surface area contributed by atoms with E-state index in [1.165, 1.54) is 17.5 Å². The molecule has 4 heterocycles. The molecule has 0 aromatic carbocycles. The van der Waals surface area contributed by atoms with Gasteiger partial charge < -0.3 is 20.3 Å². The van der Waals surface area contributed by atoms with Crippen LogP contribution in [0.25, 0.3) is 11.2 Å². The molecular formula is C15H19N9O3. The Balaban J connectivity index is 1.47. The van der Waals surface area contributed by atoms with Crippen molar-refractivity contribution in [3.05, 3.63) is 18.5 Å². The number of nitrogens with zero attached hydrogens (tertiary/aromatic N) is 8. The maximum atomic E-state index is 10.5. The van der Waals surface area contributed by atoms with Crippen LogP contribution >= 0.6 is 0 Å². The molecule has 12 heteroatoms. The van der Waals surface area contributed by atoms with Crippen LogP contribution in [0.4, 0.5) is 5.82 Å². The Morgan fingerprint density at radius 1 is 1.22 bits per heavy atom. The Morgan fingerprint density at radius 2 is 2.07 bits per heavy atom. The van der Waals surface area contributed by atoms with Crippen molar-refractivity contribution in [3.8, 4) is 0 Å². The van der Waals surface area contributed by atoms with Crippen LogP contribution in [-0.2, 0) is 11.3 Å². The van der Waals surface area contributed by atoms with Crippen LogP contribution in [0.5, 0.6) is 0 Å². The van der Waals surface area contributed by atoms with Crippen molar-refractivity contribution in [2.45, 2.75) is 56.9 Å². The van der Waals surface area contributed by atoms with Gasteiger partial charge in [-0.05, 0) is 25.0 Å². The summed E-state index contributed by atoms with van der Waals surface area (Å²) in [6.07, 6.45) is 1.00. The summed E-state index contributed by atoms with van der Waals surface area (Å²) < 4.78 is 7.47. The molecule has 142 valence electrons. The second kappa shape index (κ2) is 6.18. The summed E-state index contributed by atoms with van der Waals surface area (Å²) in [7, 11) is 0. The van der Waals surface area contributed by atoms with Crippen molar-refractivity contribution in [1.82, 2.24) is 39.7 Å². The number of aliphatic hydroxyl groups excluding tert-OH is 2. The molecule has 2 aliphatic rings. The predicted octanol–water partition coefficient (Wildman–Crippen LogP) is -0.601. The molecule has 0 bridgehead atoms. The first-order valence-corrected chi connectivity index (χ1v) is 8.89. The van der Waals surface area contributed by atoms with E-state index in [-0.39, 0.29) is 5.82 Å². The summed E-state index contributed by atoms with van der Waals surface area (Å²) in [5, 5.41) is 36.3. The van der Waals surface area contributed by atoms with Crippen molar-refractivity contribution in [2.24, 2.45) is 0 Å². The van der Waals surface area contributed by atoms with E-state index in [2.05, 4.69) is 35.7 Å². The molecule has 0 radical (unpaired) electrons. The number of aliphatic hydroxyl groups is 2. The maximum Gasteiger partial charge on any atom is 0.206 e. The zero-order valence-electron chi connectivity index (χ0n) is 14.5. The second-order valence-corrected chi connectivity index (χ2v) is 6.73. The number of hydrogen-bond donors (Lipinski definition) is 3. The van der Waals surface area contributed by atoms with E-state index in [0.717, 1.165) is 12.8 Å². The largest absolute Gasteiger partial charge is 0.387 e. The molecule has 27 heavy (non-hydrogen) atoms. The van der Waals surface area contributed by atoms with Gasteiger partial charge in [0.15, 0.2) is 29.3 Å². The van der Waals surface area contributed by atoms with Crippen molar-refractivity contribution in [2.75, 3.05) is 5.32 Å². The van der Waals surface area contributed by atoms with Gasteiger partial charge in [-0.3, -0.25) is 4.57 Å². The lowest BCUT2D eigenvalue weighted by molar-refractivity contribution is -0.0384. The van der Waals surface area contributed by atoms with Crippen LogP contribution in [0, 0.1) is 0 Å². The number of ether oxygens (including phenoxy) is 1. The second-order valence-electron chi connectivity index (χ2n) is 6.73. The van der Waals surface area contributed by atoms with Gasteiger partial charge in [0, 0.05) is 6.04 Å². The third-order valence-corrected chi connectivity index (χ3v) is 4.80. The molecule has 0 spiro atoms. The number of nitrogens with one attached hydrogen (secondary N) is 1. The van der Waals surface area contributed by atoms with Crippen molar-refractivity contribution >= 4 is 17.0 Å². The van der Waals surface area contributed by atoms with Crippen molar-refractivity contribution < 1.29 is 14.9 Å². The summed E-state index contributed by atoms with van der Waals surface area (Å²) >= 11 is 0. The van der Waals surface area contributed by atoms with Gasteiger partial charge in [-0.1, -0.05) is 0 Å². The SMILES string of the molecule is CCn1nnc([C@H]2O[C@@H](n3cnc4c(NC5CC5)ncnc43)[C@H](O)[C@@H]2O)n1. The highest BCUT2D eigenvalue weighted by Crippen LogP contribution is 2.38. The fraction of sp³-hybridized carbons (Fsp3) is 0.600. The number of fused-ring (bicyclic) bond motifs is 1. The van der Waals surface area contributed by atoms with Crippen LogP contribution in [0.3, 0.4) is 0 Å². The molecule has 3 N–H and O–H groups in total. The van der Waals surface area contributed by atoms with Crippen molar-refractivity contribution in [3.63, 3.8) is 0 Å². The topological polar surface area (TPSA) is 149 Å². The molecule has 1 saturated carbocycles. The maximum absolute atomic E-state index is 10.5. The van der Waals surface area contributed by atoms with E-state index in [1.54, 1.807) is 4.57 Å². The summed E-state index contributed by atoms with van der Waals surface area (Å²) in [4.78, 5) is 14.3. The number of hydrogen-bond acceptors (Lipinski definition) is 10. The molecule has 5 rings (SSSR count). The number of aryl methyl sites for hydroxylation is 1. The first-order valence-electron chi connectivity index (χ1n) is 8.89. The lowest BCUT2D eigenvalue weighted by atomic mass is 10.1. The minimum Gasteiger partial charge on any atom is -0.387 e. The van der Waals surface area contributed by atoms with Gasteiger partial charge in [-0.2, -0.15) is 4.80 Å². The fourth-order valence-corrected chi connectivity index (χ4v) is 3.17. The van der Waals surface area contributed by atoms with Gasteiger partial charge in [0.1, 0.15) is 18.5 Å². The van der Waals surface area contributed by atoms with Crippen LogP contribution in [0.2, 0.25) is 0 Å². The highest BCUT2D eigenvalue weighted by molar-refractivity contribution is 5.83. The first-order chi connectivity index (χ1) is 13.2. The highest BCUT2D eigenvalue weighted by Gasteiger charge is 2.47. The van der Waals surface area contributed by atoms with E-state index >= 15 is 0 Å². The molecule has 3 aromatic heterocycles. The molecule has 2 fully saturated rings. The Hall–Kier alpha value is -2.70. The molecular weight excluding hydrogens is 354 g/mol. The van der Waals surface area contributed by atoms with Crippen LogP contribution < -0.4 is 5.32 Å². The summed E-state index contributed by atoms with van der Waals surface area (Å²) in [6, 6.07) is 0.417. The van der Waals surface area contributed by atoms with E-state index in [0.29, 0.717) is 29.6 Å². The zero-order chi connectivity index (χ0) is 18.5. The zero-order valence-corrected chi connectivity index (χ0v) is 14.5. The van der Waals surface area contributed by atoms with Crippen LogP contribution in [0.15, 0.2) is 12.7 Å². The normalized spacial score (nSPS) is 28.1. The first kappa shape index (κ1) is 16.5. The lowest BCUT2D eigenvalue weighted by Gasteiger charge is -2.16. The minimum absolute atomic E-state index is 0.223. The number of aromatic nitrogens is 8. The Labute approximate surface area is 153 Å². The molecule has 1 aliphatic carbocycles. The van der Waals surface area contributed by atoms with Gasteiger partial charge in [-0.25, -0.2) is 15.0 Å². The van der Waals surface area contributed by atoms with Gasteiger partial charge >= 0.3 is 0 Å². The van der Waals surface area contributed by atoms with E-state index in [4.69, 9.17) is 4.74 Å². The monoisotopic (exact) mass is 373 g/mol. The number of rotatable bonds is 5. The number of imidazole rings is 1. The van der Waals surface area contributed by atoms with Gasteiger partial charge in [-0.15, -0.1) is 10.2 Å². The lowest BCUT2D eigenvalue weighted by Crippen LogP contribution is -2.29. The fourth-order valence-electron chi connectivity index (χ4n) is 3.17. The average Bonchev–Trinajstić information content (AvgIpc) is 3.09. The predicted molar refractivity (Wildman–Crippen MR) is 90.3 cm³/mol. The third-order valence-electron chi connectivity index (χ3n) is 4.80. The summed E-state index contributed by atoms with van der Waals surface area (Å²) in [5.41, 5.74) is 1.10. The standard InChI is InChI=1S/C15H19N9O3/c1-2-24-21-13(20-22-24)11-9(25)10(26)15(27-11)23-6-18-8-12(19-7-3-4-7)16-5-17-14(8)23/h5-7,9-11,15,25-26H,2-4H2,1H3,(H,16,17,19)/t9-,10+,11-,15+/m0/s1. The number of tetrazole rings is 1. The summed E-state index contributed by atoms with van der Waals surface area (Å²) in [5.74, 6) is 0.874. The van der Waals surface area contributed by atoms with Crippen LogP contribution in [0.1, 0.15) is 37.9 Å². The molecule has 1 aliphatic heterocycles. The van der Waals surface area contributed by atoms with E-state index in [9.17, 15) is 10.2 Å². The Morgan fingerprint density at radius 3 is 2.81 bits per heavy atom. The van der Waals surface area contributed by atoms with E-state index in [1.807, 2.05) is 6.92 Å². The van der Waals surface area contributed by atoms with E-state index < -0.39 is 24.5 Å². The Kier molecular flexibility index (Phi) is 3.77. The Bertz CT molecular complexity index is 969.